The second-order valence-corrected chi connectivity index (χ2v) is 5.78. The summed E-state index contributed by atoms with van der Waals surface area (Å²) in [6, 6.07) is 9.74. The summed E-state index contributed by atoms with van der Waals surface area (Å²) in [5, 5.41) is 0. The Kier molecular flexibility index (Phi) is 6.55. The van der Waals surface area contributed by atoms with Crippen molar-refractivity contribution in [1.29, 1.82) is 0 Å². The van der Waals surface area contributed by atoms with Crippen molar-refractivity contribution in [3.05, 3.63) is 40.9 Å². The summed E-state index contributed by atoms with van der Waals surface area (Å²) >= 11 is 11.0. The van der Waals surface area contributed by atoms with Gasteiger partial charge in [0.05, 0.1) is 19.8 Å². The van der Waals surface area contributed by atoms with Gasteiger partial charge in [-0.25, -0.2) is 0 Å². The minimum absolute atomic E-state index is 0.0670. The first-order chi connectivity index (χ1) is 8.49. The number of hydrogen-bond acceptors (Lipinski definition) is 2. The average Bonchev–Trinajstić information content (AvgIpc) is 2.34. The van der Waals surface area contributed by atoms with E-state index in [9.17, 15) is 0 Å². The number of hydrogen-bond donors (Lipinski definition) is 0. The van der Waals surface area contributed by atoms with Gasteiger partial charge in [0.15, 0.2) is 0 Å². The van der Waals surface area contributed by atoms with Crippen molar-refractivity contribution in [1.82, 2.24) is 0 Å². The third kappa shape index (κ3) is 6.90. The first-order valence-corrected chi connectivity index (χ1v) is 6.52. The molecule has 0 radical (unpaired) electrons. The molecule has 1 rings (SSSR count). The molecular formula is C14H18Cl2O2. The van der Waals surface area contributed by atoms with Gasteiger partial charge >= 0.3 is 0 Å². The summed E-state index contributed by atoms with van der Waals surface area (Å²) in [7, 11) is 0. The molecule has 1 aromatic rings. The van der Waals surface area contributed by atoms with Gasteiger partial charge in [-0.1, -0.05) is 55.2 Å². The fourth-order valence-electron chi connectivity index (χ4n) is 1.29. The third-order valence-electron chi connectivity index (χ3n) is 2.22. The van der Waals surface area contributed by atoms with E-state index < -0.39 is 0 Å². The van der Waals surface area contributed by atoms with Crippen LogP contribution in [-0.4, -0.2) is 19.8 Å². The highest BCUT2D eigenvalue weighted by Crippen LogP contribution is 2.19. The predicted molar refractivity (Wildman–Crippen MR) is 76.3 cm³/mol. The van der Waals surface area contributed by atoms with Crippen LogP contribution >= 0.6 is 23.2 Å². The molecule has 1 aromatic carbocycles. The van der Waals surface area contributed by atoms with Gasteiger partial charge in [0.25, 0.3) is 0 Å². The highest BCUT2D eigenvalue weighted by atomic mass is 35.5. The summed E-state index contributed by atoms with van der Waals surface area (Å²) in [4.78, 5) is 0. The molecule has 0 aliphatic rings. The molecule has 4 heteroatoms. The van der Waals surface area contributed by atoms with Crippen LogP contribution in [0, 0.1) is 5.41 Å². The first kappa shape index (κ1) is 15.4. The Bertz CT molecular complexity index is 371. The molecule has 0 bridgehead atoms. The second-order valence-electron chi connectivity index (χ2n) is 4.77. The van der Waals surface area contributed by atoms with Crippen molar-refractivity contribution >= 4 is 23.2 Å². The molecule has 0 fully saturated rings. The van der Waals surface area contributed by atoms with Crippen LogP contribution in [0.3, 0.4) is 0 Å². The van der Waals surface area contributed by atoms with Gasteiger partial charge in [0.1, 0.15) is 10.2 Å². The molecule has 0 saturated heterocycles. The summed E-state index contributed by atoms with van der Waals surface area (Å²) in [6.07, 6.45) is 1.62. The lowest BCUT2D eigenvalue weighted by molar-refractivity contribution is 0.0479. The lowest BCUT2D eigenvalue weighted by atomic mass is 9.96. The zero-order valence-electron chi connectivity index (χ0n) is 10.7. The molecule has 0 saturated carbocycles. The molecule has 0 aliphatic heterocycles. The zero-order valence-corrected chi connectivity index (χ0v) is 12.2. The topological polar surface area (TPSA) is 18.5 Å². The van der Waals surface area contributed by atoms with Crippen molar-refractivity contribution in [2.24, 2.45) is 5.41 Å². The van der Waals surface area contributed by atoms with Crippen molar-refractivity contribution in [2.45, 2.75) is 13.8 Å². The van der Waals surface area contributed by atoms with E-state index in [0.717, 1.165) is 5.75 Å². The van der Waals surface area contributed by atoms with Crippen molar-refractivity contribution in [3.63, 3.8) is 0 Å². The number of halogens is 2. The molecule has 0 atom stereocenters. The van der Waals surface area contributed by atoms with Crippen molar-refractivity contribution < 1.29 is 9.47 Å². The molecule has 0 aromatic heterocycles. The minimum Gasteiger partial charge on any atom is -0.493 e. The maximum Gasteiger partial charge on any atom is 0.119 e. The van der Waals surface area contributed by atoms with Gasteiger partial charge in [0.2, 0.25) is 0 Å². The molecule has 0 heterocycles. The van der Waals surface area contributed by atoms with Crippen molar-refractivity contribution in [3.8, 4) is 5.75 Å². The fraction of sp³-hybridized carbons (Fsp3) is 0.429. The Morgan fingerprint density at radius 1 is 1.17 bits per heavy atom. The van der Waals surface area contributed by atoms with Crippen LogP contribution in [-0.2, 0) is 4.74 Å². The normalized spacial score (nSPS) is 11.1. The molecule has 18 heavy (non-hydrogen) atoms. The van der Waals surface area contributed by atoms with Crippen LogP contribution < -0.4 is 4.74 Å². The molecule has 2 nitrogen and oxygen atoms in total. The third-order valence-corrected chi connectivity index (χ3v) is 2.53. The Balaban J connectivity index is 2.29. The van der Waals surface area contributed by atoms with E-state index in [4.69, 9.17) is 32.7 Å². The summed E-state index contributed by atoms with van der Waals surface area (Å²) in [6.45, 7) is 5.76. The van der Waals surface area contributed by atoms with Gasteiger partial charge in [-0.15, -0.1) is 0 Å². The molecule has 0 amide bonds. The van der Waals surface area contributed by atoms with Crippen LogP contribution in [0.2, 0.25) is 0 Å². The number of rotatable bonds is 7. The maximum absolute atomic E-state index is 5.70. The van der Waals surface area contributed by atoms with Crippen molar-refractivity contribution in [2.75, 3.05) is 19.8 Å². The fourth-order valence-corrected chi connectivity index (χ4v) is 1.42. The van der Waals surface area contributed by atoms with Gasteiger partial charge in [-0.05, 0) is 18.2 Å². The largest absolute Gasteiger partial charge is 0.493 e. The lowest BCUT2D eigenvalue weighted by Crippen LogP contribution is -2.27. The SMILES string of the molecule is CC(C)(COCC=C(Cl)Cl)COc1ccccc1. The van der Waals surface area contributed by atoms with Gasteiger partial charge in [0, 0.05) is 5.41 Å². The first-order valence-electron chi connectivity index (χ1n) is 5.76. The summed E-state index contributed by atoms with van der Waals surface area (Å²) < 4.78 is 11.4. The highest BCUT2D eigenvalue weighted by Gasteiger charge is 2.19. The van der Waals surface area contributed by atoms with E-state index in [-0.39, 0.29) is 9.91 Å². The Hall–Kier alpha value is -0.700. The highest BCUT2D eigenvalue weighted by molar-refractivity contribution is 6.55. The number of para-hydroxylation sites is 1. The molecule has 0 N–H and O–H groups in total. The standard InChI is InChI=1S/C14H18Cl2O2/c1-14(2,10-17-9-8-13(15)16)11-18-12-6-4-3-5-7-12/h3-8H,9-11H2,1-2H3. The second kappa shape index (κ2) is 7.67. The van der Waals surface area contributed by atoms with Crippen LogP contribution in [0.4, 0.5) is 0 Å². The van der Waals surface area contributed by atoms with E-state index in [2.05, 4.69) is 13.8 Å². The van der Waals surface area contributed by atoms with Gasteiger partial charge in [-0.2, -0.15) is 0 Å². The van der Waals surface area contributed by atoms with Crippen LogP contribution in [0.25, 0.3) is 0 Å². The number of ether oxygens (including phenoxy) is 2. The predicted octanol–water partition coefficient (Wildman–Crippen LogP) is 4.43. The van der Waals surface area contributed by atoms with E-state index in [1.54, 1.807) is 6.08 Å². The van der Waals surface area contributed by atoms with Crippen LogP contribution in [0.1, 0.15) is 13.8 Å². The average molecular weight is 289 g/mol. The monoisotopic (exact) mass is 288 g/mol. The van der Waals surface area contributed by atoms with E-state index in [0.29, 0.717) is 19.8 Å². The smallest absolute Gasteiger partial charge is 0.119 e. The van der Waals surface area contributed by atoms with Gasteiger partial charge < -0.3 is 9.47 Å². The van der Waals surface area contributed by atoms with E-state index >= 15 is 0 Å². The van der Waals surface area contributed by atoms with Crippen LogP contribution in [0.5, 0.6) is 5.75 Å². The Labute approximate surface area is 118 Å². The Morgan fingerprint density at radius 2 is 1.83 bits per heavy atom. The quantitative estimate of drug-likeness (QED) is 0.691. The minimum atomic E-state index is -0.0670. The zero-order chi connectivity index (χ0) is 13.4. The van der Waals surface area contributed by atoms with Crippen LogP contribution in [0.15, 0.2) is 40.9 Å². The summed E-state index contributed by atoms with van der Waals surface area (Å²) in [5.74, 6) is 0.870. The molecule has 0 spiro atoms. The van der Waals surface area contributed by atoms with Gasteiger partial charge in [-0.3, -0.25) is 0 Å². The van der Waals surface area contributed by atoms with E-state index in [1.165, 1.54) is 0 Å². The maximum atomic E-state index is 5.70. The molecule has 0 aliphatic carbocycles. The Morgan fingerprint density at radius 3 is 2.44 bits per heavy atom. The van der Waals surface area contributed by atoms with E-state index in [1.807, 2.05) is 30.3 Å². The summed E-state index contributed by atoms with van der Waals surface area (Å²) in [5.41, 5.74) is -0.0670. The lowest BCUT2D eigenvalue weighted by Gasteiger charge is -2.24. The molecule has 0 unspecified atom stereocenters. The number of benzene rings is 1. The molecule has 100 valence electrons. The molecular weight excluding hydrogens is 271 g/mol.